The molecule has 1 heterocycles. The van der Waals surface area contributed by atoms with Crippen LogP contribution in [0.3, 0.4) is 0 Å². The minimum absolute atomic E-state index is 0.395. The third kappa shape index (κ3) is 3.06. The maximum atomic E-state index is 11.6. The van der Waals surface area contributed by atoms with E-state index in [1.54, 1.807) is 25.2 Å². The molecule has 1 unspecified atom stereocenters. The van der Waals surface area contributed by atoms with E-state index in [4.69, 9.17) is 5.73 Å². The van der Waals surface area contributed by atoms with Crippen molar-refractivity contribution in [1.82, 2.24) is 0 Å². The Morgan fingerprint density at radius 3 is 2.50 bits per heavy atom. The lowest BCUT2D eigenvalue weighted by molar-refractivity contribution is 0.484. The summed E-state index contributed by atoms with van der Waals surface area (Å²) in [4.78, 5) is 1.09. The first-order valence-corrected chi connectivity index (χ1v) is 8.39. The van der Waals surface area contributed by atoms with E-state index in [-0.39, 0.29) is 0 Å². The highest BCUT2D eigenvalue weighted by molar-refractivity contribution is 9.10. The fraction of sp³-hybridized carbons (Fsp3) is 0.600. The third-order valence-electron chi connectivity index (χ3n) is 2.89. The predicted molar refractivity (Wildman–Crippen MR) is 72.6 cm³/mol. The number of halogens is 1. The molecular weight excluding hydrogens is 310 g/mol. The van der Waals surface area contributed by atoms with Gasteiger partial charge in [0.15, 0.2) is 9.84 Å². The Hall–Kier alpha value is 0.0900. The SMILES string of the molecule is CC(C)(C(N)Cc1cc(Br)cs1)S(C)(=O)=O. The van der Waals surface area contributed by atoms with E-state index in [1.807, 2.05) is 11.4 Å². The summed E-state index contributed by atoms with van der Waals surface area (Å²) < 4.78 is 23.3. The van der Waals surface area contributed by atoms with Crippen LogP contribution in [-0.4, -0.2) is 25.5 Å². The second-order valence-corrected chi connectivity index (χ2v) is 8.93. The highest BCUT2D eigenvalue weighted by Crippen LogP contribution is 2.26. The van der Waals surface area contributed by atoms with Gasteiger partial charge in [-0.1, -0.05) is 0 Å². The maximum Gasteiger partial charge on any atom is 0.154 e. The van der Waals surface area contributed by atoms with E-state index in [9.17, 15) is 8.42 Å². The van der Waals surface area contributed by atoms with Gasteiger partial charge in [-0.25, -0.2) is 8.42 Å². The molecule has 0 saturated heterocycles. The van der Waals surface area contributed by atoms with Gasteiger partial charge < -0.3 is 5.73 Å². The number of nitrogens with two attached hydrogens (primary N) is 1. The van der Waals surface area contributed by atoms with Gasteiger partial charge in [-0.05, 0) is 42.3 Å². The van der Waals surface area contributed by atoms with Crippen molar-refractivity contribution in [2.45, 2.75) is 31.1 Å². The van der Waals surface area contributed by atoms with Gasteiger partial charge in [-0.2, -0.15) is 0 Å². The molecule has 1 rings (SSSR count). The minimum atomic E-state index is -3.15. The smallest absolute Gasteiger partial charge is 0.154 e. The molecule has 0 aromatic carbocycles. The zero-order valence-corrected chi connectivity index (χ0v) is 12.7. The topological polar surface area (TPSA) is 60.2 Å². The minimum Gasteiger partial charge on any atom is -0.326 e. The predicted octanol–water partition coefficient (Wildman–Crippen LogP) is 2.20. The number of hydrogen-bond acceptors (Lipinski definition) is 4. The summed E-state index contributed by atoms with van der Waals surface area (Å²) in [7, 11) is -3.15. The molecule has 0 aliphatic rings. The number of thiophene rings is 1. The summed E-state index contributed by atoms with van der Waals surface area (Å²) in [6, 6.07) is 1.58. The molecule has 0 bridgehead atoms. The van der Waals surface area contributed by atoms with Crippen molar-refractivity contribution in [1.29, 1.82) is 0 Å². The zero-order chi connectivity index (χ0) is 12.6. The highest BCUT2D eigenvalue weighted by atomic mass is 79.9. The van der Waals surface area contributed by atoms with Gasteiger partial charge >= 0.3 is 0 Å². The van der Waals surface area contributed by atoms with Crippen LogP contribution in [0, 0.1) is 0 Å². The summed E-state index contributed by atoms with van der Waals surface area (Å²) in [5.41, 5.74) is 5.99. The molecule has 0 aliphatic carbocycles. The Labute approximate surface area is 109 Å². The van der Waals surface area contributed by atoms with Gasteiger partial charge in [0.05, 0.1) is 4.75 Å². The second-order valence-electron chi connectivity index (χ2n) is 4.42. The summed E-state index contributed by atoms with van der Waals surface area (Å²) in [5.74, 6) is 0. The zero-order valence-electron chi connectivity index (χ0n) is 9.53. The quantitative estimate of drug-likeness (QED) is 0.923. The Morgan fingerprint density at radius 1 is 1.56 bits per heavy atom. The lowest BCUT2D eigenvalue weighted by Gasteiger charge is -2.29. The molecular formula is C10H16BrNO2S2. The average Bonchev–Trinajstić information content (AvgIpc) is 2.49. The van der Waals surface area contributed by atoms with Crippen LogP contribution in [0.2, 0.25) is 0 Å². The van der Waals surface area contributed by atoms with Gasteiger partial charge in [0.1, 0.15) is 0 Å². The fourth-order valence-corrected chi connectivity index (χ4v) is 3.34. The summed E-state index contributed by atoms with van der Waals surface area (Å²) >= 11 is 4.95. The van der Waals surface area contributed by atoms with Crippen molar-refractivity contribution in [2.24, 2.45) is 5.73 Å². The normalized spacial score (nSPS) is 15.1. The summed E-state index contributed by atoms with van der Waals surface area (Å²) in [6.45, 7) is 3.35. The van der Waals surface area contributed by atoms with Crippen LogP contribution in [0.15, 0.2) is 15.9 Å². The first-order valence-electron chi connectivity index (χ1n) is 4.82. The van der Waals surface area contributed by atoms with E-state index in [0.29, 0.717) is 6.42 Å². The van der Waals surface area contributed by atoms with Crippen LogP contribution >= 0.6 is 27.3 Å². The van der Waals surface area contributed by atoms with E-state index >= 15 is 0 Å². The Balaban J connectivity index is 2.84. The van der Waals surface area contributed by atoms with Gasteiger partial charge in [0.2, 0.25) is 0 Å². The van der Waals surface area contributed by atoms with Gasteiger partial charge in [0.25, 0.3) is 0 Å². The van der Waals surface area contributed by atoms with Crippen molar-refractivity contribution < 1.29 is 8.42 Å². The monoisotopic (exact) mass is 325 g/mol. The molecule has 0 saturated carbocycles. The number of sulfone groups is 1. The molecule has 0 aliphatic heterocycles. The van der Waals surface area contributed by atoms with Crippen LogP contribution in [0.25, 0.3) is 0 Å². The molecule has 3 nitrogen and oxygen atoms in total. The van der Waals surface area contributed by atoms with E-state index < -0.39 is 20.6 Å². The molecule has 0 amide bonds. The summed E-state index contributed by atoms with van der Waals surface area (Å²) in [5, 5.41) is 1.97. The molecule has 2 N–H and O–H groups in total. The van der Waals surface area contributed by atoms with Crippen LogP contribution in [0.4, 0.5) is 0 Å². The average molecular weight is 326 g/mol. The van der Waals surface area contributed by atoms with Crippen LogP contribution < -0.4 is 5.73 Å². The largest absolute Gasteiger partial charge is 0.326 e. The first kappa shape index (κ1) is 14.2. The molecule has 0 radical (unpaired) electrons. The third-order valence-corrected chi connectivity index (χ3v) is 6.83. The fourth-order valence-electron chi connectivity index (χ4n) is 1.20. The maximum absolute atomic E-state index is 11.6. The molecule has 0 fully saturated rings. The highest BCUT2D eigenvalue weighted by Gasteiger charge is 2.36. The lowest BCUT2D eigenvalue weighted by Crippen LogP contribution is -2.49. The molecule has 0 spiro atoms. The Kier molecular flexibility index (Phi) is 4.21. The van der Waals surface area contributed by atoms with Gasteiger partial charge in [-0.3, -0.25) is 0 Å². The number of rotatable bonds is 4. The molecule has 16 heavy (non-hydrogen) atoms. The Morgan fingerprint density at radius 2 is 2.12 bits per heavy atom. The van der Waals surface area contributed by atoms with Crippen molar-refractivity contribution in [2.75, 3.05) is 6.26 Å². The van der Waals surface area contributed by atoms with E-state index in [1.165, 1.54) is 6.26 Å². The van der Waals surface area contributed by atoms with Crippen molar-refractivity contribution in [3.8, 4) is 0 Å². The van der Waals surface area contributed by atoms with Crippen molar-refractivity contribution in [3.05, 3.63) is 20.8 Å². The van der Waals surface area contributed by atoms with Crippen LogP contribution in [0.1, 0.15) is 18.7 Å². The van der Waals surface area contributed by atoms with Crippen LogP contribution in [0.5, 0.6) is 0 Å². The van der Waals surface area contributed by atoms with Gasteiger partial charge in [-0.15, -0.1) is 11.3 Å². The first-order chi connectivity index (χ1) is 7.14. The van der Waals surface area contributed by atoms with E-state index in [0.717, 1.165) is 9.35 Å². The van der Waals surface area contributed by atoms with Crippen molar-refractivity contribution in [3.63, 3.8) is 0 Å². The van der Waals surface area contributed by atoms with Gasteiger partial charge in [0, 0.05) is 27.0 Å². The lowest BCUT2D eigenvalue weighted by atomic mass is 10.0. The molecule has 1 aromatic rings. The summed E-state index contributed by atoms with van der Waals surface area (Å²) in [6.07, 6.45) is 1.81. The molecule has 1 aromatic heterocycles. The molecule has 1 atom stereocenters. The van der Waals surface area contributed by atoms with E-state index in [2.05, 4.69) is 15.9 Å². The number of hydrogen-bond donors (Lipinski definition) is 1. The van der Waals surface area contributed by atoms with Crippen molar-refractivity contribution >= 4 is 37.1 Å². The molecule has 92 valence electrons. The molecule has 6 heteroatoms. The van der Waals surface area contributed by atoms with Crippen LogP contribution in [-0.2, 0) is 16.3 Å². The Bertz CT molecular complexity index is 465. The second kappa shape index (κ2) is 4.76. The standard InChI is InChI=1S/C10H16BrNO2S2/c1-10(2,16(3,13)14)9(12)5-8-4-7(11)6-15-8/h4,6,9H,5,12H2,1-3H3.